The van der Waals surface area contributed by atoms with Gasteiger partial charge in [-0.1, -0.05) is 0 Å². The number of aromatic carboxylic acids is 1. The minimum atomic E-state index is -1.07. The smallest absolute Gasteiger partial charge is 0.354 e. The molecule has 2 atom stereocenters. The average Bonchev–Trinajstić information content (AvgIpc) is 2.78. The van der Waals surface area contributed by atoms with Gasteiger partial charge in [0, 0.05) is 19.0 Å². The van der Waals surface area contributed by atoms with E-state index in [4.69, 9.17) is 10.8 Å². The van der Waals surface area contributed by atoms with E-state index in [1.807, 2.05) is 4.90 Å². The van der Waals surface area contributed by atoms with E-state index < -0.39 is 5.97 Å². The highest BCUT2D eigenvalue weighted by atomic mass is 16.4. The number of carbonyl (C=O) groups is 1. The van der Waals surface area contributed by atoms with Crippen molar-refractivity contribution in [2.24, 2.45) is 5.92 Å². The fraction of sp³-hybridized carbons (Fsp3) is 0.500. The van der Waals surface area contributed by atoms with Crippen molar-refractivity contribution >= 4 is 17.5 Å². The Bertz CT molecular complexity index is 462. The largest absolute Gasteiger partial charge is 0.477 e. The molecule has 0 amide bonds. The molecule has 1 fully saturated rings. The maximum Gasteiger partial charge on any atom is 0.354 e. The number of carboxylic acids is 1. The number of aliphatic hydroxyl groups is 1. The van der Waals surface area contributed by atoms with Gasteiger partial charge < -0.3 is 20.8 Å². The van der Waals surface area contributed by atoms with E-state index in [1.54, 1.807) is 13.0 Å². The number of nitrogens with zero attached hydrogens (tertiary/aromatic N) is 2. The second kappa shape index (κ2) is 4.81. The molecule has 4 N–H and O–H groups in total. The number of pyridine rings is 1. The lowest BCUT2D eigenvalue weighted by molar-refractivity contribution is 0.0690. The number of nitrogens with two attached hydrogens (primary N) is 1. The average molecular weight is 251 g/mol. The molecule has 0 saturated carbocycles. The summed E-state index contributed by atoms with van der Waals surface area (Å²) in [5, 5.41) is 18.5. The Morgan fingerprint density at radius 1 is 1.61 bits per heavy atom. The van der Waals surface area contributed by atoms with Gasteiger partial charge in [0.25, 0.3) is 0 Å². The normalized spacial score (nSPS) is 21.0. The third-order valence-electron chi connectivity index (χ3n) is 3.33. The highest BCUT2D eigenvalue weighted by Gasteiger charge is 2.28. The number of carboxylic acid groups (broad SMARTS) is 1. The van der Waals surface area contributed by atoms with Gasteiger partial charge in [-0.25, -0.2) is 9.78 Å². The zero-order valence-electron chi connectivity index (χ0n) is 10.2. The molecule has 0 spiro atoms. The van der Waals surface area contributed by atoms with Crippen LogP contribution in [0.2, 0.25) is 0 Å². The summed E-state index contributed by atoms with van der Waals surface area (Å²) in [4.78, 5) is 16.9. The number of aliphatic hydroxyl groups excluding tert-OH is 1. The number of hydrogen-bond acceptors (Lipinski definition) is 5. The summed E-state index contributed by atoms with van der Waals surface area (Å²) in [5.41, 5.74) is 6.28. The highest BCUT2D eigenvalue weighted by Crippen LogP contribution is 2.28. The van der Waals surface area contributed by atoms with Crippen molar-refractivity contribution in [1.82, 2.24) is 4.98 Å². The molecule has 2 rings (SSSR count). The lowest BCUT2D eigenvalue weighted by Gasteiger charge is -2.20. The van der Waals surface area contributed by atoms with Crippen LogP contribution in [0.3, 0.4) is 0 Å². The molecule has 2 heterocycles. The van der Waals surface area contributed by atoms with Crippen LogP contribution in [0, 0.1) is 5.92 Å². The van der Waals surface area contributed by atoms with Crippen molar-refractivity contribution in [3.05, 3.63) is 17.8 Å². The van der Waals surface area contributed by atoms with Crippen molar-refractivity contribution in [3.63, 3.8) is 0 Å². The minimum absolute atomic E-state index is 0.0142. The third kappa shape index (κ3) is 2.38. The van der Waals surface area contributed by atoms with Crippen molar-refractivity contribution in [1.29, 1.82) is 0 Å². The van der Waals surface area contributed by atoms with Crippen molar-refractivity contribution in [2.75, 3.05) is 23.7 Å². The number of rotatable bonds is 3. The van der Waals surface area contributed by atoms with Crippen molar-refractivity contribution in [3.8, 4) is 0 Å². The van der Waals surface area contributed by atoms with E-state index in [2.05, 4.69) is 4.98 Å². The first-order valence-electron chi connectivity index (χ1n) is 5.92. The Kier molecular flexibility index (Phi) is 3.38. The van der Waals surface area contributed by atoms with Crippen molar-refractivity contribution < 1.29 is 15.0 Å². The van der Waals surface area contributed by atoms with Gasteiger partial charge in [0.15, 0.2) is 11.5 Å². The lowest BCUT2D eigenvalue weighted by atomic mass is 10.0. The molecule has 1 aromatic rings. The molecule has 0 aliphatic carbocycles. The van der Waals surface area contributed by atoms with Gasteiger partial charge in [0.1, 0.15) is 0 Å². The van der Waals surface area contributed by atoms with Gasteiger partial charge in [-0.15, -0.1) is 0 Å². The fourth-order valence-corrected chi connectivity index (χ4v) is 2.20. The summed E-state index contributed by atoms with van der Waals surface area (Å²) < 4.78 is 0. The van der Waals surface area contributed by atoms with Crippen LogP contribution in [0.4, 0.5) is 11.5 Å². The molecule has 1 saturated heterocycles. The molecular formula is C12H17N3O3. The molecule has 98 valence electrons. The number of nitrogen functional groups attached to an aromatic ring is 1. The summed E-state index contributed by atoms with van der Waals surface area (Å²) in [7, 11) is 0. The minimum Gasteiger partial charge on any atom is -0.477 e. The monoisotopic (exact) mass is 251 g/mol. The van der Waals surface area contributed by atoms with Crippen LogP contribution >= 0.6 is 0 Å². The van der Waals surface area contributed by atoms with E-state index in [9.17, 15) is 9.90 Å². The molecule has 0 radical (unpaired) electrons. The summed E-state index contributed by atoms with van der Waals surface area (Å²) in [6, 6.07) is 2.95. The number of anilines is 2. The molecule has 1 aliphatic heterocycles. The predicted octanol–water partition coefficient (Wildman–Crippen LogP) is 0.569. The first-order valence-corrected chi connectivity index (χ1v) is 5.92. The van der Waals surface area contributed by atoms with Crippen LogP contribution in [0.15, 0.2) is 12.1 Å². The highest BCUT2D eigenvalue weighted by molar-refractivity contribution is 5.87. The van der Waals surface area contributed by atoms with Crippen LogP contribution in [0.1, 0.15) is 23.8 Å². The van der Waals surface area contributed by atoms with E-state index in [1.165, 1.54) is 6.07 Å². The van der Waals surface area contributed by atoms with Crippen molar-refractivity contribution in [2.45, 2.75) is 19.4 Å². The van der Waals surface area contributed by atoms with Crippen LogP contribution in [0.5, 0.6) is 0 Å². The van der Waals surface area contributed by atoms with Gasteiger partial charge in [0.05, 0.1) is 11.8 Å². The fourth-order valence-electron chi connectivity index (χ4n) is 2.20. The summed E-state index contributed by atoms with van der Waals surface area (Å²) in [6.07, 6.45) is 0.481. The second-order valence-corrected chi connectivity index (χ2v) is 4.65. The molecule has 6 nitrogen and oxygen atoms in total. The van der Waals surface area contributed by atoms with E-state index in [0.29, 0.717) is 18.1 Å². The number of hydrogen-bond donors (Lipinski definition) is 3. The topological polar surface area (TPSA) is 99.7 Å². The molecule has 1 aliphatic rings. The third-order valence-corrected chi connectivity index (χ3v) is 3.33. The first kappa shape index (κ1) is 12.6. The Balaban J connectivity index is 2.23. The number of aromatic nitrogens is 1. The van der Waals surface area contributed by atoms with Crippen LogP contribution in [-0.4, -0.2) is 40.4 Å². The summed E-state index contributed by atoms with van der Waals surface area (Å²) in [6.45, 7) is 3.15. The van der Waals surface area contributed by atoms with Gasteiger partial charge >= 0.3 is 5.97 Å². The summed E-state index contributed by atoms with van der Waals surface area (Å²) in [5.74, 6) is -0.389. The van der Waals surface area contributed by atoms with E-state index in [0.717, 1.165) is 13.0 Å². The van der Waals surface area contributed by atoms with Crippen LogP contribution in [-0.2, 0) is 0 Å². The standard InChI is InChI=1S/C12H17N3O3/c1-7(16)8-4-5-15(6-8)11-9(13)2-3-10(14-11)12(17)18/h2-3,7-8,16H,4-6,13H2,1H3,(H,17,18). The Morgan fingerprint density at radius 3 is 2.89 bits per heavy atom. The Hall–Kier alpha value is -1.82. The van der Waals surface area contributed by atoms with Crippen LogP contribution < -0.4 is 10.6 Å². The maximum atomic E-state index is 10.9. The quantitative estimate of drug-likeness (QED) is 0.726. The molecular weight excluding hydrogens is 234 g/mol. The van der Waals surface area contributed by atoms with Crippen LogP contribution in [0.25, 0.3) is 0 Å². The zero-order chi connectivity index (χ0) is 13.3. The molecule has 1 aromatic heterocycles. The molecule has 0 bridgehead atoms. The second-order valence-electron chi connectivity index (χ2n) is 4.65. The van der Waals surface area contributed by atoms with Gasteiger partial charge in [-0.2, -0.15) is 0 Å². The van der Waals surface area contributed by atoms with Gasteiger partial charge in [0.2, 0.25) is 0 Å². The molecule has 2 unspecified atom stereocenters. The molecule has 0 aromatic carbocycles. The lowest BCUT2D eigenvalue weighted by Crippen LogP contribution is -2.25. The van der Waals surface area contributed by atoms with Gasteiger partial charge in [-0.05, 0) is 25.5 Å². The summed E-state index contributed by atoms with van der Waals surface area (Å²) >= 11 is 0. The first-order chi connectivity index (χ1) is 8.49. The predicted molar refractivity (Wildman–Crippen MR) is 67.6 cm³/mol. The molecule has 18 heavy (non-hydrogen) atoms. The molecule has 6 heteroatoms. The van der Waals surface area contributed by atoms with E-state index in [-0.39, 0.29) is 17.7 Å². The van der Waals surface area contributed by atoms with E-state index >= 15 is 0 Å². The maximum absolute atomic E-state index is 10.9. The Morgan fingerprint density at radius 2 is 2.33 bits per heavy atom. The SMILES string of the molecule is CC(O)C1CCN(c2nc(C(=O)O)ccc2N)C1. The van der Waals surface area contributed by atoms with Gasteiger partial charge in [-0.3, -0.25) is 0 Å². The zero-order valence-corrected chi connectivity index (χ0v) is 10.2. The Labute approximate surface area is 105 Å².